The molecule has 20 heavy (non-hydrogen) atoms. The quantitative estimate of drug-likeness (QED) is 0.924. The normalized spacial score (nSPS) is 18.1. The highest BCUT2D eigenvalue weighted by molar-refractivity contribution is 5.87. The maximum atomic E-state index is 11.9. The van der Waals surface area contributed by atoms with Gasteiger partial charge in [0.05, 0.1) is 12.6 Å². The Morgan fingerprint density at radius 1 is 1.20 bits per heavy atom. The number of halogens is 1. The zero-order valence-electron chi connectivity index (χ0n) is 11.3. The van der Waals surface area contributed by atoms with Crippen molar-refractivity contribution in [2.75, 3.05) is 13.1 Å². The number of amides is 1. The van der Waals surface area contributed by atoms with Crippen molar-refractivity contribution in [3.05, 3.63) is 48.0 Å². The van der Waals surface area contributed by atoms with Gasteiger partial charge in [0.15, 0.2) is 0 Å². The fraction of sp³-hybridized carbons (Fsp3) is 0.312. The molecule has 1 atom stereocenters. The lowest BCUT2D eigenvalue weighted by molar-refractivity contribution is -0.130. The number of rotatable bonds is 2. The molecule has 3 nitrogen and oxygen atoms in total. The fourth-order valence-electron chi connectivity index (χ4n) is 3.05. The molecule has 1 heterocycles. The van der Waals surface area contributed by atoms with Gasteiger partial charge in [-0.15, -0.1) is 12.4 Å². The van der Waals surface area contributed by atoms with E-state index in [1.165, 1.54) is 16.3 Å². The molecular formula is C16H19ClN2O. The molecule has 2 aromatic carbocycles. The predicted molar refractivity (Wildman–Crippen MR) is 83.9 cm³/mol. The molecule has 4 heteroatoms. The van der Waals surface area contributed by atoms with Crippen molar-refractivity contribution >= 4 is 29.1 Å². The summed E-state index contributed by atoms with van der Waals surface area (Å²) in [5.41, 5.74) is 6.76. The first-order valence-electron chi connectivity index (χ1n) is 6.78. The Bertz CT molecular complexity index is 609. The highest BCUT2D eigenvalue weighted by Crippen LogP contribution is 2.35. The van der Waals surface area contributed by atoms with E-state index in [2.05, 4.69) is 36.4 Å². The third kappa shape index (κ3) is 2.51. The zero-order valence-corrected chi connectivity index (χ0v) is 12.1. The minimum Gasteiger partial charge on any atom is -0.335 e. The van der Waals surface area contributed by atoms with Crippen LogP contribution in [0.2, 0.25) is 0 Å². The van der Waals surface area contributed by atoms with Gasteiger partial charge in [-0.25, -0.2) is 0 Å². The van der Waals surface area contributed by atoms with Gasteiger partial charge >= 0.3 is 0 Å². The van der Waals surface area contributed by atoms with Gasteiger partial charge in [-0.05, 0) is 29.2 Å². The van der Waals surface area contributed by atoms with Gasteiger partial charge < -0.3 is 10.6 Å². The number of carbonyl (C=O) groups excluding carboxylic acids is 1. The average molecular weight is 291 g/mol. The lowest BCUT2D eigenvalue weighted by Gasteiger charge is -2.25. The van der Waals surface area contributed by atoms with Gasteiger partial charge in [-0.2, -0.15) is 0 Å². The first-order valence-corrected chi connectivity index (χ1v) is 6.78. The molecule has 1 amide bonds. The minimum atomic E-state index is 0. The minimum absolute atomic E-state index is 0. The lowest BCUT2D eigenvalue weighted by Crippen LogP contribution is -2.35. The Balaban J connectivity index is 0.00000147. The molecule has 0 aliphatic carbocycles. The molecule has 106 valence electrons. The molecule has 2 N–H and O–H groups in total. The molecule has 1 fully saturated rings. The second-order valence-electron chi connectivity index (χ2n) is 5.02. The number of benzene rings is 2. The first kappa shape index (κ1) is 14.8. The number of nitrogens with two attached hydrogens (primary N) is 1. The number of carbonyl (C=O) groups is 1. The standard InChI is InChI=1S/C16H18N2O.ClH/c17-11-16(19)18-10-4-9-15(18)14-8-3-6-12-5-1-2-7-13(12)14;/h1-3,5-8,15H,4,9-11,17H2;1H. The van der Waals surface area contributed by atoms with E-state index in [4.69, 9.17) is 5.73 Å². The van der Waals surface area contributed by atoms with E-state index in [1.54, 1.807) is 0 Å². The Hall–Kier alpha value is -1.58. The van der Waals surface area contributed by atoms with Crippen LogP contribution in [-0.4, -0.2) is 23.9 Å². The monoisotopic (exact) mass is 290 g/mol. The molecule has 0 saturated carbocycles. The van der Waals surface area contributed by atoms with Crippen LogP contribution in [0, 0.1) is 0 Å². The van der Waals surface area contributed by atoms with Gasteiger partial charge in [0.1, 0.15) is 0 Å². The molecule has 0 aromatic heterocycles. The van der Waals surface area contributed by atoms with E-state index in [0.717, 1.165) is 19.4 Å². The average Bonchev–Trinajstić information content (AvgIpc) is 2.95. The van der Waals surface area contributed by atoms with Crippen LogP contribution < -0.4 is 5.73 Å². The Morgan fingerprint density at radius 2 is 1.95 bits per heavy atom. The third-order valence-corrected chi connectivity index (χ3v) is 3.93. The topological polar surface area (TPSA) is 46.3 Å². The number of fused-ring (bicyclic) bond motifs is 1. The summed E-state index contributed by atoms with van der Waals surface area (Å²) in [5.74, 6) is 0.0513. The maximum absolute atomic E-state index is 11.9. The molecule has 0 spiro atoms. The van der Waals surface area contributed by atoms with Crippen LogP contribution in [0.15, 0.2) is 42.5 Å². The first-order chi connectivity index (χ1) is 9.31. The van der Waals surface area contributed by atoms with Crippen LogP contribution in [-0.2, 0) is 4.79 Å². The number of hydrogen-bond acceptors (Lipinski definition) is 2. The fourth-order valence-corrected chi connectivity index (χ4v) is 3.05. The van der Waals surface area contributed by atoms with E-state index in [1.807, 2.05) is 11.0 Å². The van der Waals surface area contributed by atoms with E-state index in [9.17, 15) is 4.79 Å². The Morgan fingerprint density at radius 3 is 2.75 bits per heavy atom. The Labute approximate surface area is 125 Å². The summed E-state index contributed by atoms with van der Waals surface area (Å²) in [5, 5.41) is 2.47. The lowest BCUT2D eigenvalue weighted by atomic mass is 9.97. The van der Waals surface area contributed by atoms with Gasteiger partial charge in [0.2, 0.25) is 5.91 Å². The number of likely N-dealkylation sites (tertiary alicyclic amines) is 1. The van der Waals surface area contributed by atoms with E-state index < -0.39 is 0 Å². The van der Waals surface area contributed by atoms with Crippen LogP contribution in [0.3, 0.4) is 0 Å². The summed E-state index contributed by atoms with van der Waals surface area (Å²) in [4.78, 5) is 13.9. The largest absolute Gasteiger partial charge is 0.335 e. The molecule has 1 saturated heterocycles. The molecular weight excluding hydrogens is 272 g/mol. The summed E-state index contributed by atoms with van der Waals surface area (Å²) >= 11 is 0. The summed E-state index contributed by atoms with van der Waals surface area (Å²) in [6, 6.07) is 14.8. The van der Waals surface area contributed by atoms with Gasteiger partial charge in [-0.1, -0.05) is 42.5 Å². The maximum Gasteiger partial charge on any atom is 0.236 e. The summed E-state index contributed by atoms with van der Waals surface area (Å²) in [6.45, 7) is 0.922. The van der Waals surface area contributed by atoms with Gasteiger partial charge in [0, 0.05) is 6.54 Å². The molecule has 1 aliphatic rings. The van der Waals surface area contributed by atoms with Crippen LogP contribution in [0.4, 0.5) is 0 Å². The van der Waals surface area contributed by atoms with Crippen LogP contribution >= 0.6 is 12.4 Å². The van der Waals surface area contributed by atoms with Crippen molar-refractivity contribution < 1.29 is 4.79 Å². The van der Waals surface area contributed by atoms with Crippen LogP contribution in [0.1, 0.15) is 24.4 Å². The van der Waals surface area contributed by atoms with Crippen molar-refractivity contribution in [1.29, 1.82) is 0 Å². The molecule has 0 radical (unpaired) electrons. The molecule has 2 aromatic rings. The van der Waals surface area contributed by atoms with Gasteiger partial charge in [-0.3, -0.25) is 4.79 Å². The SMILES string of the molecule is Cl.NCC(=O)N1CCCC1c1cccc2ccccc12. The third-order valence-electron chi connectivity index (χ3n) is 3.93. The van der Waals surface area contributed by atoms with E-state index in [-0.39, 0.29) is 30.9 Å². The van der Waals surface area contributed by atoms with Crippen molar-refractivity contribution in [3.8, 4) is 0 Å². The van der Waals surface area contributed by atoms with E-state index >= 15 is 0 Å². The number of nitrogens with zero attached hydrogens (tertiary/aromatic N) is 1. The highest BCUT2D eigenvalue weighted by Gasteiger charge is 2.29. The van der Waals surface area contributed by atoms with Crippen LogP contribution in [0.25, 0.3) is 10.8 Å². The van der Waals surface area contributed by atoms with Crippen molar-refractivity contribution in [3.63, 3.8) is 0 Å². The molecule has 1 aliphatic heterocycles. The number of hydrogen-bond donors (Lipinski definition) is 1. The zero-order chi connectivity index (χ0) is 13.2. The van der Waals surface area contributed by atoms with Crippen molar-refractivity contribution in [2.24, 2.45) is 5.73 Å². The van der Waals surface area contributed by atoms with Crippen molar-refractivity contribution in [2.45, 2.75) is 18.9 Å². The highest BCUT2D eigenvalue weighted by atomic mass is 35.5. The van der Waals surface area contributed by atoms with E-state index in [0.29, 0.717) is 0 Å². The Kier molecular flexibility index (Phi) is 4.63. The summed E-state index contributed by atoms with van der Waals surface area (Å²) < 4.78 is 0. The molecule has 1 unspecified atom stereocenters. The van der Waals surface area contributed by atoms with Crippen LogP contribution in [0.5, 0.6) is 0 Å². The van der Waals surface area contributed by atoms with Crippen molar-refractivity contribution in [1.82, 2.24) is 4.90 Å². The summed E-state index contributed by atoms with van der Waals surface area (Å²) in [7, 11) is 0. The van der Waals surface area contributed by atoms with Gasteiger partial charge in [0.25, 0.3) is 0 Å². The molecule has 0 bridgehead atoms. The summed E-state index contributed by atoms with van der Waals surface area (Å²) in [6.07, 6.45) is 2.08. The second kappa shape index (κ2) is 6.25. The molecule has 3 rings (SSSR count). The second-order valence-corrected chi connectivity index (χ2v) is 5.02. The predicted octanol–water partition coefficient (Wildman–Crippen LogP) is 2.88. The smallest absolute Gasteiger partial charge is 0.236 e.